The molecule has 0 amide bonds. The van der Waals surface area contributed by atoms with Crippen molar-refractivity contribution in [2.24, 2.45) is 17.8 Å². The zero-order valence-electron chi connectivity index (χ0n) is 12.4. The SMILES string of the molecule is COC(=O)c1nc(C)n(C(C)C2CC3CCC2C3)c1N. The standard InChI is InChI=1S/C15H23N3O2/c1-8(12-7-10-4-5-11(12)6-10)18-9(2)17-13(14(18)16)15(19)20-3/h8,10-12H,4-7,16H2,1-3H3. The van der Waals surface area contributed by atoms with Crippen LogP contribution >= 0.6 is 0 Å². The third-order valence-electron chi connectivity index (χ3n) is 5.32. The number of nitrogens with zero attached hydrogens (tertiary/aromatic N) is 2. The van der Waals surface area contributed by atoms with Crippen LogP contribution in [-0.2, 0) is 4.74 Å². The lowest BCUT2D eigenvalue weighted by atomic mass is 9.84. The number of aryl methyl sites for hydroxylation is 1. The van der Waals surface area contributed by atoms with E-state index in [0.29, 0.717) is 17.8 Å². The minimum Gasteiger partial charge on any atom is -0.464 e. The van der Waals surface area contributed by atoms with Gasteiger partial charge in [0.25, 0.3) is 0 Å². The summed E-state index contributed by atoms with van der Waals surface area (Å²) in [4.78, 5) is 16.0. The van der Waals surface area contributed by atoms with Gasteiger partial charge >= 0.3 is 5.97 Å². The third kappa shape index (κ3) is 1.91. The number of fused-ring (bicyclic) bond motifs is 2. The molecule has 4 unspecified atom stereocenters. The summed E-state index contributed by atoms with van der Waals surface area (Å²) >= 11 is 0. The molecule has 1 heterocycles. The molecule has 110 valence electrons. The predicted molar refractivity (Wildman–Crippen MR) is 76.4 cm³/mol. The Bertz CT molecular complexity index is 537. The number of aromatic nitrogens is 2. The maximum atomic E-state index is 11.7. The van der Waals surface area contributed by atoms with Crippen molar-refractivity contribution in [3.63, 3.8) is 0 Å². The molecule has 2 N–H and O–H groups in total. The number of imidazole rings is 1. The van der Waals surface area contributed by atoms with Crippen LogP contribution in [0.2, 0.25) is 0 Å². The summed E-state index contributed by atoms with van der Waals surface area (Å²) in [5.41, 5.74) is 6.40. The van der Waals surface area contributed by atoms with Gasteiger partial charge in [-0.15, -0.1) is 0 Å². The molecule has 20 heavy (non-hydrogen) atoms. The Morgan fingerprint density at radius 3 is 2.75 bits per heavy atom. The van der Waals surface area contributed by atoms with E-state index < -0.39 is 5.97 Å². The van der Waals surface area contributed by atoms with Gasteiger partial charge in [-0.1, -0.05) is 6.42 Å². The highest BCUT2D eigenvalue weighted by Crippen LogP contribution is 2.52. The van der Waals surface area contributed by atoms with Gasteiger partial charge in [-0.3, -0.25) is 0 Å². The first kappa shape index (κ1) is 13.5. The monoisotopic (exact) mass is 277 g/mol. The summed E-state index contributed by atoms with van der Waals surface area (Å²) in [5, 5.41) is 0. The minimum atomic E-state index is -0.454. The summed E-state index contributed by atoms with van der Waals surface area (Å²) in [6.45, 7) is 4.12. The second-order valence-electron chi connectivity index (χ2n) is 6.33. The summed E-state index contributed by atoms with van der Waals surface area (Å²) in [6, 6.07) is 0.302. The van der Waals surface area contributed by atoms with Gasteiger partial charge in [-0.2, -0.15) is 0 Å². The number of hydrogen-bond donors (Lipinski definition) is 1. The normalized spacial score (nSPS) is 29.6. The number of carbonyl (C=O) groups excluding carboxylic acids is 1. The van der Waals surface area contributed by atoms with E-state index >= 15 is 0 Å². The smallest absolute Gasteiger partial charge is 0.360 e. The Balaban J connectivity index is 1.90. The number of ether oxygens (including phenoxy) is 1. The van der Waals surface area contributed by atoms with E-state index in [1.165, 1.54) is 32.8 Å². The number of carbonyl (C=O) groups is 1. The van der Waals surface area contributed by atoms with E-state index in [4.69, 9.17) is 10.5 Å². The Morgan fingerprint density at radius 2 is 2.20 bits per heavy atom. The molecule has 1 aromatic heterocycles. The van der Waals surface area contributed by atoms with Gasteiger partial charge < -0.3 is 15.0 Å². The van der Waals surface area contributed by atoms with Crippen molar-refractivity contribution in [2.45, 2.75) is 45.6 Å². The quantitative estimate of drug-likeness (QED) is 0.862. The summed E-state index contributed by atoms with van der Waals surface area (Å²) < 4.78 is 6.77. The molecule has 2 saturated carbocycles. The lowest BCUT2D eigenvalue weighted by Gasteiger charge is -2.30. The molecule has 0 saturated heterocycles. The fourth-order valence-electron chi connectivity index (χ4n) is 4.40. The second-order valence-corrected chi connectivity index (χ2v) is 6.33. The number of methoxy groups -OCH3 is 1. The highest BCUT2D eigenvalue weighted by atomic mass is 16.5. The van der Waals surface area contributed by atoms with Crippen molar-refractivity contribution in [2.75, 3.05) is 12.8 Å². The van der Waals surface area contributed by atoms with Gasteiger partial charge in [0, 0.05) is 6.04 Å². The largest absolute Gasteiger partial charge is 0.464 e. The highest BCUT2D eigenvalue weighted by Gasteiger charge is 2.43. The minimum absolute atomic E-state index is 0.250. The molecule has 2 bridgehead atoms. The van der Waals surface area contributed by atoms with Crippen LogP contribution in [-0.4, -0.2) is 22.6 Å². The molecular formula is C15H23N3O2. The number of esters is 1. The summed E-state index contributed by atoms with van der Waals surface area (Å²) in [7, 11) is 1.36. The number of anilines is 1. The molecule has 3 rings (SSSR count). The maximum Gasteiger partial charge on any atom is 0.360 e. The molecule has 0 aromatic carbocycles. The van der Waals surface area contributed by atoms with E-state index in [2.05, 4.69) is 11.9 Å². The summed E-state index contributed by atoms with van der Waals surface area (Å²) in [5.74, 6) is 3.18. The Hall–Kier alpha value is -1.52. The number of nitrogen functional groups attached to an aromatic ring is 1. The van der Waals surface area contributed by atoms with Crippen molar-refractivity contribution >= 4 is 11.8 Å². The lowest BCUT2D eigenvalue weighted by molar-refractivity contribution is 0.0595. The predicted octanol–water partition coefficient (Wildman–Crippen LogP) is 2.56. The van der Waals surface area contributed by atoms with Gasteiger partial charge in [-0.05, 0) is 50.9 Å². The molecule has 2 fully saturated rings. The zero-order chi connectivity index (χ0) is 14.4. The molecule has 0 radical (unpaired) electrons. The lowest BCUT2D eigenvalue weighted by Crippen LogP contribution is -2.24. The maximum absolute atomic E-state index is 11.7. The van der Waals surface area contributed by atoms with Crippen LogP contribution in [0.25, 0.3) is 0 Å². The van der Waals surface area contributed by atoms with Crippen LogP contribution in [0.5, 0.6) is 0 Å². The molecule has 1 aromatic rings. The van der Waals surface area contributed by atoms with Crippen LogP contribution in [0.15, 0.2) is 0 Å². The van der Waals surface area contributed by atoms with E-state index in [1.54, 1.807) is 0 Å². The van der Waals surface area contributed by atoms with E-state index in [0.717, 1.165) is 17.7 Å². The van der Waals surface area contributed by atoms with Crippen LogP contribution in [0.1, 0.15) is 55.0 Å². The molecule has 5 heteroatoms. The Morgan fingerprint density at radius 1 is 1.45 bits per heavy atom. The number of nitrogens with two attached hydrogens (primary N) is 1. The molecule has 4 atom stereocenters. The van der Waals surface area contributed by atoms with Crippen molar-refractivity contribution in [1.82, 2.24) is 9.55 Å². The van der Waals surface area contributed by atoms with Crippen LogP contribution in [0.3, 0.4) is 0 Å². The van der Waals surface area contributed by atoms with Gasteiger partial charge in [0.15, 0.2) is 5.69 Å². The first-order valence-corrected chi connectivity index (χ1v) is 7.45. The molecular weight excluding hydrogens is 254 g/mol. The molecule has 2 aliphatic carbocycles. The van der Waals surface area contributed by atoms with Crippen molar-refractivity contribution < 1.29 is 9.53 Å². The van der Waals surface area contributed by atoms with Crippen molar-refractivity contribution in [3.8, 4) is 0 Å². The van der Waals surface area contributed by atoms with Crippen LogP contribution < -0.4 is 5.73 Å². The zero-order valence-corrected chi connectivity index (χ0v) is 12.4. The first-order valence-electron chi connectivity index (χ1n) is 7.45. The van der Waals surface area contributed by atoms with Crippen LogP contribution in [0.4, 0.5) is 5.82 Å². The van der Waals surface area contributed by atoms with E-state index in [-0.39, 0.29) is 5.69 Å². The number of rotatable bonds is 3. The third-order valence-corrected chi connectivity index (χ3v) is 5.32. The van der Waals surface area contributed by atoms with Gasteiger partial charge in [0.05, 0.1) is 7.11 Å². The Kier molecular flexibility index (Phi) is 3.22. The molecule has 0 aliphatic heterocycles. The highest BCUT2D eigenvalue weighted by molar-refractivity contribution is 5.92. The molecule has 5 nitrogen and oxygen atoms in total. The van der Waals surface area contributed by atoms with Crippen LogP contribution in [0, 0.1) is 24.7 Å². The second kappa shape index (κ2) is 4.79. The van der Waals surface area contributed by atoms with Crippen molar-refractivity contribution in [3.05, 3.63) is 11.5 Å². The first-order chi connectivity index (χ1) is 9.52. The number of hydrogen-bond acceptors (Lipinski definition) is 4. The molecule has 0 spiro atoms. The summed E-state index contributed by atoms with van der Waals surface area (Å²) in [6.07, 6.45) is 5.39. The average Bonchev–Trinajstić information content (AvgIpc) is 3.12. The van der Waals surface area contributed by atoms with Gasteiger partial charge in [0.1, 0.15) is 11.6 Å². The van der Waals surface area contributed by atoms with Gasteiger partial charge in [-0.25, -0.2) is 9.78 Å². The van der Waals surface area contributed by atoms with Gasteiger partial charge in [0.2, 0.25) is 0 Å². The topological polar surface area (TPSA) is 70.1 Å². The Labute approximate surface area is 119 Å². The van der Waals surface area contributed by atoms with E-state index in [1.807, 2.05) is 11.5 Å². The van der Waals surface area contributed by atoms with E-state index in [9.17, 15) is 4.79 Å². The molecule has 2 aliphatic rings. The fraction of sp³-hybridized carbons (Fsp3) is 0.733. The average molecular weight is 277 g/mol. The fourth-order valence-corrected chi connectivity index (χ4v) is 4.40. The van der Waals surface area contributed by atoms with Crippen molar-refractivity contribution in [1.29, 1.82) is 0 Å².